The molecule has 0 saturated carbocycles. The van der Waals surface area contributed by atoms with Crippen molar-refractivity contribution in [3.05, 3.63) is 30.7 Å². The van der Waals surface area contributed by atoms with E-state index in [2.05, 4.69) is 35.6 Å². The van der Waals surface area contributed by atoms with Gasteiger partial charge in [0.05, 0.1) is 11.7 Å². The number of aromatic nitrogens is 7. The highest BCUT2D eigenvalue weighted by Crippen LogP contribution is 2.13. The van der Waals surface area contributed by atoms with E-state index in [-0.39, 0.29) is 0 Å². The third-order valence-electron chi connectivity index (χ3n) is 2.62. The van der Waals surface area contributed by atoms with E-state index < -0.39 is 0 Å². The van der Waals surface area contributed by atoms with E-state index in [1.54, 1.807) is 6.20 Å². The van der Waals surface area contributed by atoms with Crippen LogP contribution < -0.4 is 11.5 Å². The Morgan fingerprint density at radius 2 is 1.95 bits per heavy atom. The molecule has 0 atom stereocenters. The summed E-state index contributed by atoms with van der Waals surface area (Å²) in [6.45, 7) is 0. The zero-order valence-corrected chi connectivity index (χ0v) is 10.3. The van der Waals surface area contributed by atoms with Gasteiger partial charge in [-0.25, -0.2) is 15.1 Å². The van der Waals surface area contributed by atoms with Gasteiger partial charge in [0.1, 0.15) is 6.33 Å². The molecule has 1 aromatic carbocycles. The maximum absolute atomic E-state index is 5.54. The normalized spacial score (nSPS) is 10.4. The Morgan fingerprint density at radius 1 is 1.05 bits per heavy atom. The molecular formula is C11H11N9. The third kappa shape index (κ3) is 2.19. The Morgan fingerprint density at radius 3 is 2.80 bits per heavy atom. The molecule has 0 bridgehead atoms. The molecule has 0 radical (unpaired) electrons. The van der Waals surface area contributed by atoms with Gasteiger partial charge in [-0.1, -0.05) is 5.21 Å². The van der Waals surface area contributed by atoms with Gasteiger partial charge in [-0.2, -0.15) is 5.10 Å². The molecule has 0 fully saturated rings. The highest BCUT2D eigenvalue weighted by Gasteiger charge is 2.01. The molecule has 4 rings (SSSR count). The molecule has 0 amide bonds. The van der Waals surface area contributed by atoms with Crippen LogP contribution in [0.5, 0.6) is 0 Å². The predicted octanol–water partition coefficient (Wildman–Crippen LogP) is 0.475. The lowest BCUT2D eigenvalue weighted by Gasteiger charge is -1.89. The second-order valence-electron chi connectivity index (χ2n) is 3.98. The molecule has 0 aliphatic heterocycles. The monoisotopic (exact) mass is 269 g/mol. The molecule has 0 unspecified atom stereocenters. The number of nitrogens with two attached hydrogens (primary N) is 2. The standard InChI is InChI=1S/C7H7N3.C4H4N6/c8-6-2-1-5-4-9-10-7(5)3-6;5-3-2-4(7-1-6-3)9-10-8-2/h1-4H,8H2,(H,9,10);1H,(H3,5,6,7,8,9,10). The van der Waals surface area contributed by atoms with Crippen LogP contribution in [0.2, 0.25) is 0 Å². The smallest absolute Gasteiger partial charge is 0.181 e. The summed E-state index contributed by atoms with van der Waals surface area (Å²) in [4.78, 5) is 7.55. The lowest BCUT2D eigenvalue weighted by Crippen LogP contribution is -1.91. The second-order valence-corrected chi connectivity index (χ2v) is 3.98. The number of H-pyrrole nitrogens is 2. The van der Waals surface area contributed by atoms with Crippen molar-refractivity contribution in [3.63, 3.8) is 0 Å². The first-order valence-electron chi connectivity index (χ1n) is 5.70. The number of nitrogen functional groups attached to an aromatic ring is 2. The number of nitrogens with one attached hydrogen (secondary N) is 2. The van der Waals surface area contributed by atoms with E-state index in [0.29, 0.717) is 17.0 Å². The van der Waals surface area contributed by atoms with Crippen molar-refractivity contribution in [1.29, 1.82) is 0 Å². The zero-order chi connectivity index (χ0) is 13.9. The number of hydrogen-bond acceptors (Lipinski definition) is 7. The van der Waals surface area contributed by atoms with E-state index in [9.17, 15) is 0 Å². The van der Waals surface area contributed by atoms with Gasteiger partial charge in [0.25, 0.3) is 0 Å². The lowest BCUT2D eigenvalue weighted by molar-refractivity contribution is 0.954. The van der Waals surface area contributed by atoms with Crippen molar-refractivity contribution in [3.8, 4) is 0 Å². The number of aromatic amines is 2. The minimum absolute atomic E-state index is 0.346. The summed E-state index contributed by atoms with van der Waals surface area (Å²) in [7, 11) is 0. The molecule has 9 nitrogen and oxygen atoms in total. The quantitative estimate of drug-likeness (QED) is 0.339. The van der Waals surface area contributed by atoms with E-state index in [1.165, 1.54) is 6.33 Å². The summed E-state index contributed by atoms with van der Waals surface area (Å²) in [5, 5.41) is 17.5. The largest absolute Gasteiger partial charge is 0.399 e. The topological polar surface area (TPSA) is 148 Å². The fourth-order valence-corrected chi connectivity index (χ4v) is 1.65. The summed E-state index contributed by atoms with van der Waals surface area (Å²) < 4.78 is 0. The number of nitrogens with zero attached hydrogens (tertiary/aromatic N) is 5. The summed E-state index contributed by atoms with van der Waals surface area (Å²) in [5.74, 6) is 0.346. The van der Waals surface area contributed by atoms with E-state index in [1.807, 2.05) is 18.2 Å². The predicted molar refractivity (Wildman–Crippen MR) is 74.4 cm³/mol. The summed E-state index contributed by atoms with van der Waals surface area (Å²) in [5.41, 5.74) is 13.8. The van der Waals surface area contributed by atoms with Gasteiger partial charge in [-0.05, 0) is 18.2 Å². The van der Waals surface area contributed by atoms with E-state index in [0.717, 1.165) is 16.6 Å². The Kier molecular flexibility index (Phi) is 2.84. The average molecular weight is 269 g/mol. The molecule has 6 N–H and O–H groups in total. The summed E-state index contributed by atoms with van der Waals surface area (Å²) >= 11 is 0. The van der Waals surface area contributed by atoms with Gasteiger partial charge < -0.3 is 11.5 Å². The molecule has 0 saturated heterocycles. The van der Waals surface area contributed by atoms with Crippen LogP contribution in [0.4, 0.5) is 11.5 Å². The average Bonchev–Trinajstić information content (AvgIpc) is 3.07. The molecule has 3 heterocycles. The third-order valence-corrected chi connectivity index (χ3v) is 2.62. The molecule has 20 heavy (non-hydrogen) atoms. The van der Waals surface area contributed by atoms with Crippen molar-refractivity contribution in [1.82, 2.24) is 35.6 Å². The van der Waals surface area contributed by atoms with Crippen molar-refractivity contribution >= 4 is 33.6 Å². The number of benzene rings is 1. The fraction of sp³-hybridized carbons (Fsp3) is 0. The molecular weight excluding hydrogens is 258 g/mol. The number of rotatable bonds is 0. The van der Waals surface area contributed by atoms with E-state index in [4.69, 9.17) is 11.5 Å². The number of fused-ring (bicyclic) bond motifs is 2. The molecule has 4 aromatic rings. The first kappa shape index (κ1) is 11.8. The fourth-order valence-electron chi connectivity index (χ4n) is 1.65. The number of anilines is 2. The van der Waals surface area contributed by atoms with Crippen LogP contribution in [0.3, 0.4) is 0 Å². The van der Waals surface area contributed by atoms with Crippen molar-refractivity contribution in [2.75, 3.05) is 11.5 Å². The molecule has 0 aliphatic rings. The van der Waals surface area contributed by atoms with Crippen LogP contribution in [0.25, 0.3) is 22.1 Å². The summed E-state index contributed by atoms with van der Waals surface area (Å²) in [6, 6.07) is 5.66. The number of hydrogen-bond donors (Lipinski definition) is 4. The van der Waals surface area contributed by atoms with Crippen molar-refractivity contribution in [2.45, 2.75) is 0 Å². The highest BCUT2D eigenvalue weighted by molar-refractivity contribution is 5.81. The molecule has 9 heteroatoms. The second kappa shape index (κ2) is 4.80. The van der Waals surface area contributed by atoms with Gasteiger partial charge in [0, 0.05) is 11.1 Å². The Hall–Kier alpha value is -3.23. The van der Waals surface area contributed by atoms with Crippen LogP contribution in [-0.4, -0.2) is 35.6 Å². The maximum Gasteiger partial charge on any atom is 0.181 e. The SMILES string of the molecule is Nc1ccc2cn[nH]c2c1.Nc1ncnc2[nH]nnc12. The van der Waals surface area contributed by atoms with Crippen LogP contribution in [0, 0.1) is 0 Å². The highest BCUT2D eigenvalue weighted by atomic mass is 15.3. The molecule has 100 valence electrons. The first-order chi connectivity index (χ1) is 9.74. The van der Waals surface area contributed by atoms with Crippen molar-refractivity contribution < 1.29 is 0 Å². The van der Waals surface area contributed by atoms with E-state index >= 15 is 0 Å². The van der Waals surface area contributed by atoms with Crippen LogP contribution >= 0.6 is 0 Å². The van der Waals surface area contributed by atoms with Crippen molar-refractivity contribution in [2.24, 2.45) is 0 Å². The first-order valence-corrected chi connectivity index (χ1v) is 5.70. The minimum Gasteiger partial charge on any atom is -0.399 e. The summed E-state index contributed by atoms with van der Waals surface area (Å²) in [6.07, 6.45) is 3.13. The van der Waals surface area contributed by atoms with Gasteiger partial charge in [-0.15, -0.1) is 5.10 Å². The minimum atomic E-state index is 0.346. The molecule has 0 spiro atoms. The molecule has 3 aromatic heterocycles. The van der Waals surface area contributed by atoms with Gasteiger partial charge in [0.2, 0.25) is 0 Å². The van der Waals surface area contributed by atoms with Crippen LogP contribution in [0.15, 0.2) is 30.7 Å². The Balaban J connectivity index is 0.000000121. The van der Waals surface area contributed by atoms with Gasteiger partial charge in [0.15, 0.2) is 17.0 Å². The Labute approximate surface area is 112 Å². The molecule has 0 aliphatic carbocycles. The van der Waals surface area contributed by atoms with Crippen LogP contribution in [0.1, 0.15) is 0 Å². The Bertz CT molecular complexity index is 846. The van der Waals surface area contributed by atoms with Gasteiger partial charge >= 0.3 is 0 Å². The zero-order valence-electron chi connectivity index (χ0n) is 10.3. The van der Waals surface area contributed by atoms with Crippen LogP contribution in [-0.2, 0) is 0 Å². The lowest BCUT2D eigenvalue weighted by atomic mass is 10.2. The van der Waals surface area contributed by atoms with Gasteiger partial charge in [-0.3, -0.25) is 5.10 Å². The maximum atomic E-state index is 5.54.